The van der Waals surface area contributed by atoms with Crippen molar-refractivity contribution in [2.24, 2.45) is 0 Å². The van der Waals surface area contributed by atoms with E-state index in [0.29, 0.717) is 29.0 Å². The Kier molecular flexibility index (Phi) is 7.74. The van der Waals surface area contributed by atoms with E-state index >= 15 is 0 Å². The molecule has 0 saturated heterocycles. The zero-order chi connectivity index (χ0) is 26.0. The minimum Gasteiger partial charge on any atom is -0.493 e. The lowest BCUT2D eigenvalue weighted by atomic mass is 10.1. The van der Waals surface area contributed by atoms with Crippen molar-refractivity contribution in [2.45, 2.75) is 13.1 Å². The SMILES string of the molecule is COc1cc(/C=C(\C#N)c2nc3ccc(C)cc3[nH]2)ccc1Oc1ccc(C(F)(F)F)cc1[N+](=O)[O-].Cl. The minimum atomic E-state index is -4.74. The van der Waals surface area contributed by atoms with Gasteiger partial charge in [0.2, 0.25) is 5.75 Å². The van der Waals surface area contributed by atoms with E-state index in [1.165, 1.54) is 19.2 Å². The second-order valence-corrected chi connectivity index (χ2v) is 7.73. The first-order chi connectivity index (χ1) is 17.1. The van der Waals surface area contributed by atoms with Gasteiger partial charge in [0, 0.05) is 6.07 Å². The van der Waals surface area contributed by atoms with Gasteiger partial charge in [-0.1, -0.05) is 12.1 Å². The van der Waals surface area contributed by atoms with E-state index in [1.54, 1.807) is 12.1 Å². The zero-order valence-corrected chi connectivity index (χ0v) is 20.1. The van der Waals surface area contributed by atoms with Crippen molar-refractivity contribution in [1.82, 2.24) is 9.97 Å². The molecular formula is C25H18ClF3N4O4. The molecule has 0 aliphatic rings. The number of aryl methyl sites for hydroxylation is 1. The first kappa shape index (κ1) is 27.0. The fourth-order valence-corrected chi connectivity index (χ4v) is 3.47. The average molecular weight is 531 g/mol. The van der Waals surface area contributed by atoms with Crippen molar-refractivity contribution in [1.29, 1.82) is 5.26 Å². The molecule has 190 valence electrons. The van der Waals surface area contributed by atoms with Crippen LogP contribution in [0.1, 0.15) is 22.5 Å². The van der Waals surface area contributed by atoms with Crippen LogP contribution >= 0.6 is 12.4 Å². The van der Waals surface area contributed by atoms with Gasteiger partial charge in [-0.2, -0.15) is 18.4 Å². The summed E-state index contributed by atoms with van der Waals surface area (Å²) in [6, 6.07) is 14.3. The van der Waals surface area contributed by atoms with Gasteiger partial charge >= 0.3 is 11.9 Å². The standard InChI is InChI=1S/C25H17F3N4O4.ClH/c1-14-3-6-18-19(9-14)31-24(30-18)16(13-29)10-15-4-7-22(23(11-15)35-2)36-21-8-5-17(25(26,27)28)12-20(21)32(33)34;/h3-12H,1-2H3,(H,30,31);1H/b16-10+;. The maximum absolute atomic E-state index is 13.0. The topological polar surface area (TPSA) is 114 Å². The molecule has 37 heavy (non-hydrogen) atoms. The summed E-state index contributed by atoms with van der Waals surface area (Å²) in [5.41, 5.74) is 1.30. The smallest absolute Gasteiger partial charge is 0.416 e. The molecule has 0 radical (unpaired) electrons. The molecule has 0 spiro atoms. The van der Waals surface area contributed by atoms with Crippen LogP contribution in [0.3, 0.4) is 0 Å². The Morgan fingerprint density at radius 1 is 1.11 bits per heavy atom. The summed E-state index contributed by atoms with van der Waals surface area (Å²) in [4.78, 5) is 17.9. The third-order valence-electron chi connectivity index (χ3n) is 5.21. The van der Waals surface area contributed by atoms with E-state index in [9.17, 15) is 28.5 Å². The van der Waals surface area contributed by atoms with Crippen LogP contribution in [0.25, 0.3) is 22.7 Å². The molecule has 4 aromatic rings. The molecule has 0 aliphatic heterocycles. The summed E-state index contributed by atoms with van der Waals surface area (Å²) in [6.45, 7) is 1.94. The number of aromatic amines is 1. The number of H-pyrrole nitrogens is 1. The Morgan fingerprint density at radius 3 is 2.49 bits per heavy atom. The molecule has 0 saturated carbocycles. The number of imidazole rings is 1. The first-order valence-corrected chi connectivity index (χ1v) is 10.4. The Morgan fingerprint density at radius 2 is 1.84 bits per heavy atom. The maximum Gasteiger partial charge on any atom is 0.416 e. The lowest BCUT2D eigenvalue weighted by Crippen LogP contribution is -2.06. The van der Waals surface area contributed by atoms with Crippen molar-refractivity contribution in [3.63, 3.8) is 0 Å². The number of hydrogen-bond acceptors (Lipinski definition) is 6. The van der Waals surface area contributed by atoms with E-state index in [0.717, 1.165) is 17.1 Å². The molecule has 8 nitrogen and oxygen atoms in total. The predicted molar refractivity (Wildman–Crippen MR) is 133 cm³/mol. The summed E-state index contributed by atoms with van der Waals surface area (Å²) < 4.78 is 49.8. The number of nitro benzene ring substituents is 1. The molecule has 0 bridgehead atoms. The van der Waals surface area contributed by atoms with Gasteiger partial charge in [0.15, 0.2) is 11.5 Å². The molecule has 0 unspecified atom stereocenters. The number of nitriles is 1. The molecule has 0 amide bonds. The van der Waals surface area contributed by atoms with Crippen LogP contribution in [-0.4, -0.2) is 22.0 Å². The van der Waals surface area contributed by atoms with Gasteiger partial charge in [0.25, 0.3) is 0 Å². The predicted octanol–water partition coefficient (Wildman–Crippen LogP) is 7.09. The number of allylic oxidation sites excluding steroid dienone is 1. The quantitative estimate of drug-likeness (QED) is 0.162. The zero-order valence-electron chi connectivity index (χ0n) is 19.3. The molecule has 0 aliphatic carbocycles. The van der Waals surface area contributed by atoms with Crippen molar-refractivity contribution in [2.75, 3.05) is 7.11 Å². The number of methoxy groups -OCH3 is 1. The fourth-order valence-electron chi connectivity index (χ4n) is 3.47. The van der Waals surface area contributed by atoms with Gasteiger partial charge in [-0.3, -0.25) is 10.1 Å². The van der Waals surface area contributed by atoms with E-state index in [1.807, 2.05) is 25.1 Å². The summed E-state index contributed by atoms with van der Waals surface area (Å²) in [5, 5.41) is 21.0. The summed E-state index contributed by atoms with van der Waals surface area (Å²) in [7, 11) is 1.34. The summed E-state index contributed by atoms with van der Waals surface area (Å²) in [5.74, 6) is 0.174. The van der Waals surface area contributed by atoms with Crippen molar-refractivity contribution < 1.29 is 27.6 Å². The first-order valence-electron chi connectivity index (χ1n) is 10.4. The van der Waals surface area contributed by atoms with Gasteiger partial charge in [-0.05, 0) is 60.5 Å². The number of hydrogen-bond donors (Lipinski definition) is 1. The summed E-state index contributed by atoms with van der Waals surface area (Å²) >= 11 is 0. The molecule has 3 aromatic carbocycles. The molecule has 1 heterocycles. The second-order valence-electron chi connectivity index (χ2n) is 7.73. The van der Waals surface area contributed by atoms with Crippen LogP contribution in [0.4, 0.5) is 18.9 Å². The van der Waals surface area contributed by atoms with Gasteiger partial charge < -0.3 is 14.5 Å². The molecule has 0 atom stereocenters. The fraction of sp³-hybridized carbons (Fsp3) is 0.120. The highest BCUT2D eigenvalue weighted by atomic mass is 35.5. The van der Waals surface area contributed by atoms with Gasteiger partial charge in [-0.15, -0.1) is 12.4 Å². The number of ether oxygens (including phenoxy) is 2. The molecule has 12 heteroatoms. The largest absolute Gasteiger partial charge is 0.493 e. The lowest BCUT2D eigenvalue weighted by molar-refractivity contribution is -0.385. The minimum absolute atomic E-state index is 0. The number of benzene rings is 3. The van der Waals surface area contributed by atoms with Crippen LogP contribution in [0.5, 0.6) is 17.2 Å². The van der Waals surface area contributed by atoms with Crippen molar-refractivity contribution in [3.05, 3.63) is 87.2 Å². The molecule has 1 aromatic heterocycles. The molecule has 4 rings (SSSR count). The molecule has 1 N–H and O–H groups in total. The van der Waals surface area contributed by atoms with Crippen LogP contribution in [0.2, 0.25) is 0 Å². The van der Waals surface area contributed by atoms with Crippen LogP contribution < -0.4 is 9.47 Å². The highest BCUT2D eigenvalue weighted by Crippen LogP contribution is 2.40. The van der Waals surface area contributed by atoms with Gasteiger partial charge in [0.1, 0.15) is 11.9 Å². The Bertz CT molecular complexity index is 1560. The van der Waals surface area contributed by atoms with Crippen LogP contribution in [0, 0.1) is 28.4 Å². The van der Waals surface area contributed by atoms with E-state index < -0.39 is 22.4 Å². The van der Waals surface area contributed by atoms with E-state index in [2.05, 4.69) is 16.0 Å². The van der Waals surface area contributed by atoms with Crippen LogP contribution in [0.15, 0.2) is 54.6 Å². The number of alkyl halides is 3. The van der Waals surface area contributed by atoms with E-state index in [4.69, 9.17) is 9.47 Å². The van der Waals surface area contributed by atoms with Crippen molar-refractivity contribution >= 4 is 40.8 Å². The highest BCUT2D eigenvalue weighted by molar-refractivity contribution is 5.90. The van der Waals surface area contributed by atoms with Gasteiger partial charge in [-0.25, -0.2) is 4.98 Å². The molecular weight excluding hydrogens is 513 g/mol. The number of halogens is 4. The van der Waals surface area contributed by atoms with Gasteiger partial charge in [0.05, 0.1) is 34.2 Å². The third kappa shape index (κ3) is 5.82. The normalized spacial score (nSPS) is 11.5. The number of fused-ring (bicyclic) bond motifs is 1. The Hall–Kier alpha value is -4.56. The van der Waals surface area contributed by atoms with Crippen molar-refractivity contribution in [3.8, 4) is 23.3 Å². The maximum atomic E-state index is 13.0. The number of nitrogens with one attached hydrogen (secondary N) is 1. The van der Waals surface area contributed by atoms with E-state index in [-0.39, 0.29) is 35.2 Å². The second kappa shape index (κ2) is 10.6. The number of aromatic nitrogens is 2. The lowest BCUT2D eigenvalue weighted by Gasteiger charge is -2.13. The van der Waals surface area contributed by atoms with Crippen LogP contribution in [-0.2, 0) is 6.18 Å². The number of nitro groups is 1. The third-order valence-corrected chi connectivity index (χ3v) is 5.21. The average Bonchev–Trinajstić information content (AvgIpc) is 3.25. The monoisotopic (exact) mass is 530 g/mol. The summed E-state index contributed by atoms with van der Waals surface area (Å²) in [6.07, 6.45) is -3.18. The molecule has 0 fully saturated rings. The number of rotatable bonds is 6. The Balaban J connectivity index is 0.00000380. The Labute approximate surface area is 214 Å². The highest BCUT2D eigenvalue weighted by Gasteiger charge is 2.33. The number of nitrogens with zero attached hydrogens (tertiary/aromatic N) is 3.